The van der Waals surface area contributed by atoms with Crippen molar-refractivity contribution in [3.8, 4) is 0 Å². The number of anilines is 1. The smallest absolute Gasteiger partial charge is 0.125 e. The topological polar surface area (TPSA) is 24.9 Å². The molecule has 0 aliphatic carbocycles. The summed E-state index contributed by atoms with van der Waals surface area (Å²) in [7, 11) is 1.89. The molecule has 0 radical (unpaired) electrons. The molecule has 3 heteroatoms. The van der Waals surface area contributed by atoms with E-state index in [0.717, 1.165) is 17.3 Å². The van der Waals surface area contributed by atoms with Gasteiger partial charge in [0.15, 0.2) is 0 Å². The van der Waals surface area contributed by atoms with Crippen LogP contribution in [0.3, 0.4) is 0 Å². The summed E-state index contributed by atoms with van der Waals surface area (Å²) in [6, 6.07) is 12.7. The van der Waals surface area contributed by atoms with Gasteiger partial charge in [0.05, 0.1) is 5.69 Å². The molecule has 0 spiro atoms. The number of thioether (sulfide) groups is 1. The third-order valence-corrected chi connectivity index (χ3v) is 3.96. The summed E-state index contributed by atoms with van der Waals surface area (Å²) in [5.74, 6) is 1.83. The molecule has 1 N–H and O–H groups in total. The molecule has 0 unspecified atom stereocenters. The van der Waals surface area contributed by atoms with Crippen LogP contribution in [-0.4, -0.2) is 12.0 Å². The van der Waals surface area contributed by atoms with Crippen molar-refractivity contribution < 1.29 is 0 Å². The minimum absolute atomic E-state index is 0.901. The highest BCUT2D eigenvalue weighted by molar-refractivity contribution is 7.98. The predicted octanol–water partition coefficient (Wildman–Crippen LogP) is 4.03. The zero-order valence-corrected chi connectivity index (χ0v) is 11.8. The maximum absolute atomic E-state index is 4.51. The van der Waals surface area contributed by atoms with E-state index in [2.05, 4.69) is 48.4 Å². The van der Waals surface area contributed by atoms with E-state index in [9.17, 15) is 0 Å². The van der Waals surface area contributed by atoms with E-state index in [-0.39, 0.29) is 0 Å². The number of pyridine rings is 1. The van der Waals surface area contributed by atoms with E-state index >= 15 is 0 Å². The van der Waals surface area contributed by atoms with E-state index in [4.69, 9.17) is 0 Å². The molecule has 94 valence electrons. The zero-order chi connectivity index (χ0) is 13.0. The molecule has 18 heavy (non-hydrogen) atoms. The summed E-state index contributed by atoms with van der Waals surface area (Å²) < 4.78 is 0. The van der Waals surface area contributed by atoms with Crippen molar-refractivity contribution in [1.29, 1.82) is 0 Å². The van der Waals surface area contributed by atoms with Crippen LogP contribution in [0.4, 0.5) is 5.82 Å². The molecular formula is C15H18N2S. The number of nitrogens with zero attached hydrogens (tertiary/aromatic N) is 1. The summed E-state index contributed by atoms with van der Waals surface area (Å²) >= 11 is 1.83. The van der Waals surface area contributed by atoms with Crippen molar-refractivity contribution in [3.05, 3.63) is 53.2 Å². The van der Waals surface area contributed by atoms with Gasteiger partial charge in [0.25, 0.3) is 0 Å². The molecular weight excluding hydrogens is 240 g/mol. The third kappa shape index (κ3) is 3.26. The van der Waals surface area contributed by atoms with Crippen LogP contribution in [0.15, 0.2) is 41.3 Å². The van der Waals surface area contributed by atoms with Gasteiger partial charge in [-0.1, -0.05) is 12.1 Å². The monoisotopic (exact) mass is 258 g/mol. The fraction of sp³-hybridized carbons (Fsp3) is 0.267. The van der Waals surface area contributed by atoms with Crippen molar-refractivity contribution in [1.82, 2.24) is 4.98 Å². The molecule has 0 amide bonds. The van der Waals surface area contributed by atoms with Gasteiger partial charge < -0.3 is 5.32 Å². The average molecular weight is 258 g/mol. The second-order valence-corrected chi connectivity index (χ2v) is 5.35. The van der Waals surface area contributed by atoms with Crippen LogP contribution >= 0.6 is 11.8 Å². The number of hydrogen-bond donors (Lipinski definition) is 1. The first-order valence-corrected chi connectivity index (χ1v) is 7.01. The second-order valence-electron chi connectivity index (χ2n) is 4.30. The number of aryl methyl sites for hydroxylation is 2. The Morgan fingerprint density at radius 2 is 1.94 bits per heavy atom. The first kappa shape index (κ1) is 13.0. The van der Waals surface area contributed by atoms with Crippen LogP contribution in [0.25, 0.3) is 0 Å². The van der Waals surface area contributed by atoms with Crippen LogP contribution < -0.4 is 5.32 Å². The number of hydrogen-bond acceptors (Lipinski definition) is 3. The van der Waals surface area contributed by atoms with E-state index < -0.39 is 0 Å². The zero-order valence-electron chi connectivity index (χ0n) is 11.0. The van der Waals surface area contributed by atoms with Crippen LogP contribution in [0.2, 0.25) is 0 Å². The van der Waals surface area contributed by atoms with Crippen molar-refractivity contribution in [2.45, 2.75) is 24.5 Å². The van der Waals surface area contributed by atoms with Gasteiger partial charge in [0, 0.05) is 17.7 Å². The Bertz CT molecular complexity index is 538. The van der Waals surface area contributed by atoms with Crippen LogP contribution in [-0.2, 0) is 5.75 Å². The van der Waals surface area contributed by atoms with Crippen molar-refractivity contribution in [2.75, 3.05) is 12.4 Å². The van der Waals surface area contributed by atoms with Crippen molar-refractivity contribution >= 4 is 17.6 Å². The van der Waals surface area contributed by atoms with Gasteiger partial charge >= 0.3 is 0 Å². The Kier molecular flexibility index (Phi) is 4.26. The lowest BCUT2D eigenvalue weighted by molar-refractivity contribution is 1.16. The Balaban J connectivity index is 2.04. The van der Waals surface area contributed by atoms with Crippen LogP contribution in [0.5, 0.6) is 0 Å². The number of rotatable bonds is 4. The van der Waals surface area contributed by atoms with Gasteiger partial charge in [-0.05, 0) is 49.2 Å². The third-order valence-electron chi connectivity index (χ3n) is 2.93. The fourth-order valence-electron chi connectivity index (χ4n) is 1.66. The quantitative estimate of drug-likeness (QED) is 0.838. The van der Waals surface area contributed by atoms with Gasteiger partial charge in [-0.25, -0.2) is 4.98 Å². The first-order valence-electron chi connectivity index (χ1n) is 6.03. The number of nitrogens with one attached hydrogen (secondary N) is 1. The second kappa shape index (κ2) is 5.91. The highest BCUT2D eigenvalue weighted by Gasteiger charge is 2.00. The fourth-order valence-corrected chi connectivity index (χ4v) is 2.56. The lowest BCUT2D eigenvalue weighted by Crippen LogP contribution is -1.94. The Morgan fingerprint density at radius 1 is 1.11 bits per heavy atom. The molecule has 1 aromatic carbocycles. The van der Waals surface area contributed by atoms with E-state index in [0.29, 0.717) is 0 Å². The predicted molar refractivity (Wildman–Crippen MR) is 79.3 cm³/mol. The summed E-state index contributed by atoms with van der Waals surface area (Å²) in [5, 5.41) is 3.06. The molecule has 0 fully saturated rings. The first-order chi connectivity index (χ1) is 8.69. The van der Waals surface area contributed by atoms with E-state index in [1.807, 2.05) is 30.9 Å². The molecule has 2 aromatic rings. The van der Waals surface area contributed by atoms with Crippen LogP contribution in [0.1, 0.15) is 16.8 Å². The van der Waals surface area contributed by atoms with Crippen molar-refractivity contribution in [3.63, 3.8) is 0 Å². The average Bonchev–Trinajstić information content (AvgIpc) is 2.40. The standard InChI is InChI=1S/C15H18N2S/c1-11-7-8-14(9-12(11)2)18-10-13-5-4-6-15(16-3)17-13/h4-9H,10H2,1-3H3,(H,16,17). The highest BCUT2D eigenvalue weighted by Crippen LogP contribution is 2.24. The molecule has 1 aromatic heterocycles. The molecule has 2 nitrogen and oxygen atoms in total. The van der Waals surface area contributed by atoms with Gasteiger partial charge in [0.1, 0.15) is 5.82 Å². The summed E-state index contributed by atoms with van der Waals surface area (Å²) in [4.78, 5) is 5.82. The molecule has 1 heterocycles. The Morgan fingerprint density at radius 3 is 2.67 bits per heavy atom. The molecule has 0 aliphatic heterocycles. The van der Waals surface area contributed by atoms with Gasteiger partial charge in [0.2, 0.25) is 0 Å². The summed E-state index contributed by atoms with van der Waals surface area (Å²) in [6.07, 6.45) is 0. The van der Waals surface area contributed by atoms with Crippen molar-refractivity contribution in [2.24, 2.45) is 0 Å². The Hall–Kier alpha value is -1.48. The molecule has 0 aliphatic rings. The maximum atomic E-state index is 4.51. The number of aromatic nitrogens is 1. The SMILES string of the molecule is CNc1cccc(CSc2ccc(C)c(C)c2)n1. The maximum Gasteiger partial charge on any atom is 0.125 e. The Labute approximate surface area is 113 Å². The lowest BCUT2D eigenvalue weighted by Gasteiger charge is -2.06. The molecule has 2 rings (SSSR count). The van der Waals surface area contributed by atoms with E-state index in [1.54, 1.807) is 0 Å². The normalized spacial score (nSPS) is 10.4. The summed E-state index contributed by atoms with van der Waals surface area (Å²) in [6.45, 7) is 4.29. The number of benzene rings is 1. The minimum Gasteiger partial charge on any atom is -0.373 e. The highest BCUT2D eigenvalue weighted by atomic mass is 32.2. The molecule has 0 saturated carbocycles. The van der Waals surface area contributed by atoms with E-state index in [1.165, 1.54) is 16.0 Å². The van der Waals surface area contributed by atoms with Crippen LogP contribution in [0, 0.1) is 13.8 Å². The largest absolute Gasteiger partial charge is 0.373 e. The molecule has 0 saturated heterocycles. The summed E-state index contributed by atoms with van der Waals surface area (Å²) in [5.41, 5.74) is 3.79. The molecule has 0 atom stereocenters. The van der Waals surface area contributed by atoms with Gasteiger partial charge in [-0.15, -0.1) is 11.8 Å². The van der Waals surface area contributed by atoms with Gasteiger partial charge in [-0.2, -0.15) is 0 Å². The lowest BCUT2D eigenvalue weighted by atomic mass is 10.1. The minimum atomic E-state index is 0.901. The molecule has 0 bridgehead atoms. The van der Waals surface area contributed by atoms with Gasteiger partial charge in [-0.3, -0.25) is 0 Å².